The highest BCUT2D eigenvalue weighted by Gasteiger charge is 2.08. The number of hydrogen-bond acceptors (Lipinski definition) is 3. The molecular weight excluding hydrogens is 216 g/mol. The van der Waals surface area contributed by atoms with Crippen LogP contribution in [0.2, 0.25) is 0 Å². The van der Waals surface area contributed by atoms with Gasteiger partial charge >= 0.3 is 0 Å². The molecule has 0 atom stereocenters. The third-order valence-corrected chi connectivity index (χ3v) is 2.08. The molecule has 0 radical (unpaired) electrons. The van der Waals surface area contributed by atoms with Crippen LogP contribution in [-0.2, 0) is 14.4 Å². The molecule has 3 heteroatoms. The summed E-state index contributed by atoms with van der Waals surface area (Å²) in [4.78, 5) is 33.3. The van der Waals surface area contributed by atoms with Crippen LogP contribution in [0, 0.1) is 0 Å². The lowest BCUT2D eigenvalue weighted by molar-refractivity contribution is -0.128. The first-order valence-electron chi connectivity index (χ1n) is 5.35. The van der Waals surface area contributed by atoms with Gasteiger partial charge in [-0.15, -0.1) is 0 Å². The van der Waals surface area contributed by atoms with Gasteiger partial charge in [-0.25, -0.2) is 0 Å². The highest BCUT2D eigenvalue weighted by atomic mass is 16.2. The number of allylic oxidation sites excluding steroid dienone is 1. The van der Waals surface area contributed by atoms with Crippen LogP contribution in [0.5, 0.6) is 0 Å². The van der Waals surface area contributed by atoms with Crippen LogP contribution < -0.4 is 0 Å². The predicted molar refractivity (Wildman–Crippen MR) is 65.4 cm³/mol. The summed E-state index contributed by atoms with van der Waals surface area (Å²) in [5, 5.41) is 0. The number of rotatable bonds is 6. The van der Waals surface area contributed by atoms with E-state index >= 15 is 0 Å². The van der Waals surface area contributed by atoms with Crippen molar-refractivity contribution in [2.24, 2.45) is 0 Å². The molecule has 88 valence electrons. The topological polar surface area (TPSA) is 51.2 Å². The monoisotopic (exact) mass is 230 g/mol. The van der Waals surface area contributed by atoms with Crippen molar-refractivity contribution in [3.8, 4) is 0 Å². The van der Waals surface area contributed by atoms with Gasteiger partial charge < -0.3 is 0 Å². The van der Waals surface area contributed by atoms with Crippen LogP contribution >= 0.6 is 0 Å². The third-order valence-electron chi connectivity index (χ3n) is 2.08. The standard InChI is InChI=1S/C14H14O3/c1-11(15)9-14(17)10-13(16)8-7-12-5-3-2-4-6-12/h2-8H,9-10H2,1H3/b8-7+. The Morgan fingerprint density at radius 2 is 1.71 bits per heavy atom. The van der Waals surface area contributed by atoms with E-state index in [0.29, 0.717) is 0 Å². The Kier molecular flexibility index (Phi) is 5.01. The van der Waals surface area contributed by atoms with Gasteiger partial charge in [0.1, 0.15) is 11.6 Å². The third kappa shape index (κ3) is 5.56. The Morgan fingerprint density at radius 1 is 1.06 bits per heavy atom. The molecule has 0 bridgehead atoms. The summed E-state index contributed by atoms with van der Waals surface area (Å²) in [6.07, 6.45) is 2.66. The number of hydrogen-bond donors (Lipinski definition) is 0. The molecule has 0 heterocycles. The number of benzene rings is 1. The zero-order valence-corrected chi connectivity index (χ0v) is 9.68. The highest BCUT2D eigenvalue weighted by Crippen LogP contribution is 2.02. The molecule has 0 aliphatic carbocycles. The van der Waals surface area contributed by atoms with E-state index in [0.717, 1.165) is 5.56 Å². The second kappa shape index (κ2) is 6.53. The van der Waals surface area contributed by atoms with Gasteiger partial charge in [0.15, 0.2) is 5.78 Å². The Morgan fingerprint density at radius 3 is 2.29 bits per heavy atom. The van der Waals surface area contributed by atoms with E-state index in [1.54, 1.807) is 6.08 Å². The van der Waals surface area contributed by atoms with Gasteiger partial charge in [-0.3, -0.25) is 14.4 Å². The van der Waals surface area contributed by atoms with Crippen LogP contribution in [0.15, 0.2) is 36.4 Å². The molecule has 1 rings (SSSR count). The summed E-state index contributed by atoms with van der Waals surface area (Å²) >= 11 is 0. The molecule has 17 heavy (non-hydrogen) atoms. The molecule has 3 nitrogen and oxygen atoms in total. The minimum atomic E-state index is -0.333. The Labute approximate surface area is 100 Å². The molecule has 0 aliphatic heterocycles. The molecule has 0 spiro atoms. The van der Waals surface area contributed by atoms with E-state index in [2.05, 4.69) is 0 Å². The Hall–Kier alpha value is -2.03. The quantitative estimate of drug-likeness (QED) is 0.556. The fourth-order valence-electron chi connectivity index (χ4n) is 1.35. The fourth-order valence-corrected chi connectivity index (χ4v) is 1.35. The first kappa shape index (κ1) is 13.0. The van der Waals surface area contributed by atoms with Crippen molar-refractivity contribution in [2.45, 2.75) is 19.8 Å². The van der Waals surface area contributed by atoms with Gasteiger partial charge in [-0.1, -0.05) is 36.4 Å². The van der Waals surface area contributed by atoms with Crippen LogP contribution in [0.3, 0.4) is 0 Å². The fraction of sp³-hybridized carbons (Fsp3) is 0.214. The van der Waals surface area contributed by atoms with Gasteiger partial charge in [0.05, 0.1) is 12.8 Å². The van der Waals surface area contributed by atoms with Crippen LogP contribution in [0.4, 0.5) is 0 Å². The summed E-state index contributed by atoms with van der Waals surface area (Å²) < 4.78 is 0. The minimum absolute atomic E-state index is 0.162. The molecule has 0 N–H and O–H groups in total. The van der Waals surface area contributed by atoms with Gasteiger partial charge in [-0.2, -0.15) is 0 Å². The summed E-state index contributed by atoms with van der Waals surface area (Å²) in [7, 11) is 0. The smallest absolute Gasteiger partial charge is 0.163 e. The van der Waals surface area contributed by atoms with Gasteiger partial charge in [0.2, 0.25) is 0 Å². The van der Waals surface area contributed by atoms with E-state index < -0.39 is 0 Å². The maximum Gasteiger partial charge on any atom is 0.163 e. The highest BCUT2D eigenvalue weighted by molar-refractivity contribution is 6.10. The van der Waals surface area contributed by atoms with Gasteiger partial charge in [0.25, 0.3) is 0 Å². The van der Waals surface area contributed by atoms with Crippen molar-refractivity contribution in [1.82, 2.24) is 0 Å². The van der Waals surface area contributed by atoms with Gasteiger partial charge in [-0.05, 0) is 18.6 Å². The molecule has 0 amide bonds. The first-order valence-corrected chi connectivity index (χ1v) is 5.35. The molecule has 0 saturated heterocycles. The number of carbonyl (C=O) groups excluding carboxylic acids is 3. The van der Waals surface area contributed by atoms with Crippen molar-refractivity contribution in [3.05, 3.63) is 42.0 Å². The SMILES string of the molecule is CC(=O)CC(=O)CC(=O)/C=C/c1ccccc1. The molecule has 1 aromatic rings. The molecule has 0 fully saturated rings. The number of Topliss-reactive ketones (excluding diaryl/α,β-unsaturated/α-hetero) is 2. The van der Waals surface area contributed by atoms with E-state index in [1.807, 2.05) is 30.3 Å². The van der Waals surface area contributed by atoms with E-state index in [1.165, 1.54) is 13.0 Å². The zero-order chi connectivity index (χ0) is 12.7. The lowest BCUT2D eigenvalue weighted by Gasteiger charge is -1.94. The first-order chi connectivity index (χ1) is 8.08. The summed E-state index contributed by atoms with van der Waals surface area (Å²) in [6.45, 7) is 1.34. The maximum absolute atomic E-state index is 11.4. The normalized spacial score (nSPS) is 10.4. The molecule has 0 unspecified atom stereocenters. The largest absolute Gasteiger partial charge is 0.300 e. The average Bonchev–Trinajstić information content (AvgIpc) is 2.26. The van der Waals surface area contributed by atoms with Crippen molar-refractivity contribution >= 4 is 23.4 Å². The van der Waals surface area contributed by atoms with Crippen LogP contribution in [0.25, 0.3) is 6.08 Å². The molecule has 0 aliphatic rings. The Bertz CT molecular complexity index is 444. The van der Waals surface area contributed by atoms with Crippen molar-refractivity contribution < 1.29 is 14.4 Å². The average molecular weight is 230 g/mol. The second-order valence-electron chi connectivity index (χ2n) is 3.80. The number of carbonyl (C=O) groups is 3. The van der Waals surface area contributed by atoms with Gasteiger partial charge in [0, 0.05) is 0 Å². The summed E-state index contributed by atoms with van der Waals surface area (Å²) in [6, 6.07) is 9.34. The minimum Gasteiger partial charge on any atom is -0.300 e. The van der Waals surface area contributed by atoms with E-state index in [9.17, 15) is 14.4 Å². The Balaban J connectivity index is 2.47. The lowest BCUT2D eigenvalue weighted by Crippen LogP contribution is -2.08. The maximum atomic E-state index is 11.4. The van der Waals surface area contributed by atoms with Crippen LogP contribution in [0.1, 0.15) is 25.3 Å². The summed E-state index contributed by atoms with van der Waals surface area (Å²) in [5.41, 5.74) is 0.903. The lowest BCUT2D eigenvalue weighted by atomic mass is 10.1. The van der Waals surface area contributed by atoms with Crippen LogP contribution in [-0.4, -0.2) is 17.3 Å². The van der Waals surface area contributed by atoms with E-state index in [4.69, 9.17) is 0 Å². The molecule has 0 aromatic heterocycles. The van der Waals surface area contributed by atoms with Crippen molar-refractivity contribution in [3.63, 3.8) is 0 Å². The molecule has 0 saturated carbocycles. The molecular formula is C14H14O3. The van der Waals surface area contributed by atoms with E-state index in [-0.39, 0.29) is 30.2 Å². The second-order valence-corrected chi connectivity index (χ2v) is 3.80. The van der Waals surface area contributed by atoms with Crippen molar-refractivity contribution in [1.29, 1.82) is 0 Å². The zero-order valence-electron chi connectivity index (χ0n) is 9.68. The molecule has 1 aromatic carbocycles. The number of ketones is 3. The predicted octanol–water partition coefficient (Wildman–Crippen LogP) is 2.21. The van der Waals surface area contributed by atoms with Crippen molar-refractivity contribution in [2.75, 3.05) is 0 Å². The summed E-state index contributed by atoms with van der Waals surface area (Å²) in [5.74, 6) is -0.824.